The molecule has 1 heterocycles. The molecule has 4 aliphatic rings. The number of benzene rings is 2. The number of carboxylic acids is 1. The van der Waals surface area contributed by atoms with Crippen LogP contribution in [0.4, 0.5) is 0 Å². The Morgan fingerprint density at radius 1 is 1.03 bits per heavy atom. The number of amides is 2. The van der Waals surface area contributed by atoms with Crippen LogP contribution in [0, 0.1) is 17.8 Å². The van der Waals surface area contributed by atoms with Crippen molar-refractivity contribution in [2.45, 2.75) is 38.5 Å². The van der Waals surface area contributed by atoms with Crippen LogP contribution in [-0.2, 0) is 24.0 Å². The van der Waals surface area contributed by atoms with E-state index >= 15 is 0 Å². The second-order valence-corrected chi connectivity index (χ2v) is 10.8. The first-order chi connectivity index (χ1) is 18.7. The first kappa shape index (κ1) is 25.0. The molecular weight excluding hydrogens is 498 g/mol. The fraction of sp³-hybridized carbons (Fsp3) is 0.323. The van der Waals surface area contributed by atoms with E-state index in [0.717, 1.165) is 16.3 Å². The molecule has 1 fully saturated rings. The van der Waals surface area contributed by atoms with Gasteiger partial charge in [-0.3, -0.25) is 28.9 Å². The minimum absolute atomic E-state index is 0.00938. The summed E-state index contributed by atoms with van der Waals surface area (Å²) in [5.74, 6) is -4.81. The zero-order chi connectivity index (χ0) is 27.6. The van der Waals surface area contributed by atoms with Crippen LogP contribution in [0.2, 0.25) is 0 Å². The lowest BCUT2D eigenvalue weighted by Crippen LogP contribution is -2.40. The van der Waals surface area contributed by atoms with Crippen molar-refractivity contribution in [2.24, 2.45) is 17.8 Å². The van der Waals surface area contributed by atoms with Crippen molar-refractivity contribution in [1.82, 2.24) is 4.90 Å². The Kier molecular flexibility index (Phi) is 5.86. The van der Waals surface area contributed by atoms with Gasteiger partial charge in [0, 0.05) is 41.2 Å². The van der Waals surface area contributed by atoms with E-state index in [1.54, 1.807) is 19.1 Å². The number of aliphatic carboxylic acids is 1. The molecule has 0 bridgehead atoms. The topological polar surface area (TPSA) is 129 Å². The van der Waals surface area contributed by atoms with E-state index in [4.69, 9.17) is 5.11 Å². The number of ketones is 2. The molecule has 2 aromatic carbocycles. The number of carbonyl (C=O) groups excluding carboxylic acids is 4. The van der Waals surface area contributed by atoms with Gasteiger partial charge in [0.1, 0.15) is 5.75 Å². The zero-order valence-electron chi connectivity index (χ0n) is 21.3. The Balaban J connectivity index is 1.50. The molecule has 4 unspecified atom stereocenters. The summed E-state index contributed by atoms with van der Waals surface area (Å²) in [7, 11) is 0. The molecule has 0 spiro atoms. The lowest BCUT2D eigenvalue weighted by Gasteiger charge is -2.42. The third-order valence-electron chi connectivity index (χ3n) is 8.66. The van der Waals surface area contributed by atoms with Gasteiger partial charge < -0.3 is 10.2 Å². The predicted molar refractivity (Wildman–Crippen MR) is 141 cm³/mol. The molecule has 6 rings (SSSR count). The quantitative estimate of drug-likeness (QED) is 0.345. The third kappa shape index (κ3) is 3.77. The van der Waals surface area contributed by atoms with E-state index in [0.29, 0.717) is 22.3 Å². The monoisotopic (exact) mass is 525 g/mol. The van der Waals surface area contributed by atoms with Crippen LogP contribution >= 0.6 is 0 Å². The predicted octanol–water partition coefficient (Wildman–Crippen LogP) is 3.84. The van der Waals surface area contributed by atoms with Gasteiger partial charge in [-0.2, -0.15) is 0 Å². The van der Waals surface area contributed by atoms with Crippen LogP contribution in [0.25, 0.3) is 10.8 Å². The first-order valence-electron chi connectivity index (χ1n) is 13.2. The fourth-order valence-electron chi connectivity index (χ4n) is 6.97. The van der Waals surface area contributed by atoms with E-state index in [9.17, 15) is 29.1 Å². The van der Waals surface area contributed by atoms with Crippen molar-refractivity contribution in [3.8, 4) is 5.75 Å². The second kappa shape index (κ2) is 9.15. The Hall–Kier alpha value is -4.33. The van der Waals surface area contributed by atoms with Crippen LogP contribution in [0.1, 0.15) is 44.1 Å². The maximum Gasteiger partial charge on any atom is 0.303 e. The van der Waals surface area contributed by atoms with Crippen molar-refractivity contribution >= 4 is 40.1 Å². The molecule has 3 aliphatic carbocycles. The Labute approximate surface area is 224 Å². The number of fused-ring (bicyclic) bond motifs is 4. The Morgan fingerprint density at radius 2 is 1.79 bits per heavy atom. The molecule has 1 aliphatic heterocycles. The van der Waals surface area contributed by atoms with Gasteiger partial charge >= 0.3 is 5.97 Å². The highest BCUT2D eigenvalue weighted by Crippen LogP contribution is 2.56. The number of aromatic hydroxyl groups is 1. The molecule has 8 heteroatoms. The van der Waals surface area contributed by atoms with E-state index in [2.05, 4.69) is 0 Å². The maximum atomic E-state index is 13.7. The number of hydrogen-bond donors (Lipinski definition) is 2. The number of hydrogen-bond acceptors (Lipinski definition) is 6. The summed E-state index contributed by atoms with van der Waals surface area (Å²) >= 11 is 0. The van der Waals surface area contributed by atoms with E-state index in [1.165, 1.54) is 11.0 Å². The van der Waals surface area contributed by atoms with E-state index < -0.39 is 29.6 Å². The number of phenols is 1. The number of imide groups is 1. The number of allylic oxidation sites excluding steroid dienone is 6. The Morgan fingerprint density at radius 3 is 2.56 bits per heavy atom. The summed E-state index contributed by atoms with van der Waals surface area (Å²) in [6.45, 7) is 1.62. The lowest BCUT2D eigenvalue weighted by atomic mass is 9.59. The Bertz CT molecular complexity index is 1590. The van der Waals surface area contributed by atoms with Gasteiger partial charge in [0.25, 0.3) is 0 Å². The summed E-state index contributed by atoms with van der Waals surface area (Å²) in [4.78, 5) is 66.0. The van der Waals surface area contributed by atoms with Crippen LogP contribution in [0.3, 0.4) is 0 Å². The van der Waals surface area contributed by atoms with Crippen molar-refractivity contribution < 1.29 is 34.2 Å². The van der Waals surface area contributed by atoms with E-state index in [-0.39, 0.29) is 61.4 Å². The van der Waals surface area contributed by atoms with E-state index in [1.807, 2.05) is 30.3 Å². The van der Waals surface area contributed by atoms with Gasteiger partial charge in [-0.25, -0.2) is 0 Å². The van der Waals surface area contributed by atoms with Gasteiger partial charge in [-0.05, 0) is 55.0 Å². The number of rotatable bonds is 5. The maximum absolute atomic E-state index is 13.7. The van der Waals surface area contributed by atoms with Gasteiger partial charge in [0.2, 0.25) is 11.8 Å². The minimum Gasteiger partial charge on any atom is -0.508 e. The molecule has 4 atom stereocenters. The first-order valence-corrected chi connectivity index (χ1v) is 13.2. The number of carbonyl (C=O) groups is 5. The summed E-state index contributed by atoms with van der Waals surface area (Å²) in [6.07, 6.45) is 3.71. The summed E-state index contributed by atoms with van der Waals surface area (Å²) in [5, 5.41) is 21.8. The average Bonchev–Trinajstić information content (AvgIpc) is 3.15. The van der Waals surface area contributed by atoms with Crippen molar-refractivity contribution in [2.75, 3.05) is 6.54 Å². The molecule has 2 N–H and O–H groups in total. The number of likely N-dealkylation sites (tertiary alicyclic amines) is 1. The molecule has 2 amide bonds. The molecule has 198 valence electrons. The van der Waals surface area contributed by atoms with Gasteiger partial charge in [-0.15, -0.1) is 0 Å². The number of carboxylic acid groups (broad SMARTS) is 1. The molecule has 0 saturated carbocycles. The molecular formula is C31H27NO7. The fourth-order valence-corrected chi connectivity index (χ4v) is 6.97. The number of phenolic OH excluding ortho intramolecular Hbond substituents is 1. The van der Waals surface area contributed by atoms with Crippen molar-refractivity contribution in [3.05, 3.63) is 76.4 Å². The normalized spacial score (nSPS) is 26.3. The van der Waals surface area contributed by atoms with Gasteiger partial charge in [0.15, 0.2) is 11.6 Å². The average molecular weight is 526 g/mol. The largest absolute Gasteiger partial charge is 0.508 e. The second-order valence-electron chi connectivity index (χ2n) is 10.8. The van der Waals surface area contributed by atoms with Gasteiger partial charge in [0.05, 0.1) is 11.8 Å². The van der Waals surface area contributed by atoms with Crippen LogP contribution in [-0.4, -0.2) is 51.0 Å². The van der Waals surface area contributed by atoms with Crippen LogP contribution < -0.4 is 0 Å². The standard InChI is InChI=1S/C31H27NO7/c1-15-13-23(34)27-21(29(15)37)14-20-18(28(27)26-17-6-3-2-5-16(17)8-11-22(26)33)9-10-19-25(20)31(39)32(30(19)38)12-4-7-24(35)36/h2-3,5-6,8-9,11,13,19-20,25,28,33H,4,7,10,12,14H2,1H3,(H,35,36). The molecule has 0 aromatic heterocycles. The van der Waals surface area contributed by atoms with Crippen LogP contribution in [0.5, 0.6) is 5.75 Å². The number of nitrogens with zero attached hydrogens (tertiary/aromatic N) is 1. The van der Waals surface area contributed by atoms with Crippen LogP contribution in [0.15, 0.2) is 70.8 Å². The lowest BCUT2D eigenvalue weighted by molar-refractivity contribution is -0.142. The highest BCUT2D eigenvalue weighted by molar-refractivity contribution is 6.24. The molecule has 2 aromatic rings. The highest BCUT2D eigenvalue weighted by Gasteiger charge is 2.56. The third-order valence-corrected chi connectivity index (χ3v) is 8.66. The minimum atomic E-state index is -0.996. The van der Waals surface area contributed by atoms with Crippen molar-refractivity contribution in [3.63, 3.8) is 0 Å². The zero-order valence-corrected chi connectivity index (χ0v) is 21.3. The summed E-state index contributed by atoms with van der Waals surface area (Å²) in [5.41, 5.74) is 2.27. The summed E-state index contributed by atoms with van der Waals surface area (Å²) in [6, 6.07) is 10.9. The van der Waals surface area contributed by atoms with Gasteiger partial charge in [-0.1, -0.05) is 42.0 Å². The molecule has 0 radical (unpaired) electrons. The number of Topliss-reactive ketones (excluding diaryl/α,β-unsaturated/α-hetero) is 1. The molecule has 8 nitrogen and oxygen atoms in total. The molecule has 39 heavy (non-hydrogen) atoms. The SMILES string of the molecule is CC1=CC(=O)C2=C(CC3C(=CCC4C(=O)N(CCCC(=O)O)C(=O)C43)C2c2c(O)ccc3ccccc23)C1=O. The smallest absolute Gasteiger partial charge is 0.303 e. The van der Waals surface area contributed by atoms with Crippen molar-refractivity contribution in [1.29, 1.82) is 0 Å². The molecule has 1 saturated heterocycles. The highest BCUT2D eigenvalue weighted by atomic mass is 16.4. The summed E-state index contributed by atoms with van der Waals surface area (Å²) < 4.78 is 0.